The smallest absolute Gasteiger partial charge is 0.426 e. The van der Waals surface area contributed by atoms with Crippen LogP contribution >= 0.6 is 11.3 Å². The van der Waals surface area contributed by atoms with Gasteiger partial charge in [-0.2, -0.15) is 18.3 Å². The highest BCUT2D eigenvalue weighted by molar-refractivity contribution is 7.12. The number of benzene rings is 2. The van der Waals surface area contributed by atoms with Crippen LogP contribution in [0.5, 0.6) is 5.75 Å². The summed E-state index contributed by atoms with van der Waals surface area (Å²) in [6.45, 7) is 1.20. The Labute approximate surface area is 177 Å². The largest absolute Gasteiger partial charge is 0.433 e. The molecule has 0 amide bonds. The fraction of sp³-hybridized carbons (Fsp3) is 0.0952. The van der Waals surface area contributed by atoms with Gasteiger partial charge in [-0.3, -0.25) is 4.79 Å². The highest BCUT2D eigenvalue weighted by Gasteiger charge is 2.37. The number of aromatic nitrogens is 3. The van der Waals surface area contributed by atoms with Gasteiger partial charge >= 0.3 is 12.1 Å². The van der Waals surface area contributed by atoms with Crippen LogP contribution in [0.4, 0.5) is 17.6 Å². The molecule has 4 rings (SSSR count). The van der Waals surface area contributed by atoms with Crippen molar-refractivity contribution in [1.29, 1.82) is 0 Å². The summed E-state index contributed by atoms with van der Waals surface area (Å²) in [5, 5.41) is 5.65. The van der Waals surface area contributed by atoms with E-state index in [1.165, 1.54) is 43.3 Å². The predicted molar refractivity (Wildman–Crippen MR) is 106 cm³/mol. The molecule has 0 aliphatic carbocycles. The number of ether oxygens (including phenoxy) is 1. The van der Waals surface area contributed by atoms with E-state index in [4.69, 9.17) is 4.74 Å². The third kappa shape index (κ3) is 4.33. The van der Waals surface area contributed by atoms with Gasteiger partial charge in [0.05, 0.1) is 11.4 Å². The molecule has 0 spiro atoms. The molecule has 0 aliphatic rings. The van der Waals surface area contributed by atoms with Gasteiger partial charge in [0.25, 0.3) is 0 Å². The van der Waals surface area contributed by atoms with Gasteiger partial charge in [-0.05, 0) is 42.5 Å². The summed E-state index contributed by atoms with van der Waals surface area (Å²) in [7, 11) is 0. The lowest BCUT2D eigenvalue weighted by atomic mass is 10.1. The molecule has 0 unspecified atom stereocenters. The maximum Gasteiger partial charge on any atom is 0.433 e. The quantitative estimate of drug-likeness (QED) is 0.227. The van der Waals surface area contributed by atoms with Crippen LogP contribution < -0.4 is 4.74 Å². The van der Waals surface area contributed by atoms with Gasteiger partial charge in [-0.15, -0.1) is 11.3 Å². The molecule has 0 bridgehead atoms. The van der Waals surface area contributed by atoms with E-state index in [2.05, 4.69) is 10.1 Å². The molecule has 2 aromatic heterocycles. The van der Waals surface area contributed by atoms with Crippen LogP contribution in [0.25, 0.3) is 27.6 Å². The molecule has 2 heterocycles. The highest BCUT2D eigenvalue weighted by Crippen LogP contribution is 2.37. The van der Waals surface area contributed by atoms with Gasteiger partial charge in [-0.1, -0.05) is 12.1 Å². The molecule has 5 nitrogen and oxygen atoms in total. The lowest BCUT2D eigenvalue weighted by Crippen LogP contribution is -2.13. The zero-order valence-corrected chi connectivity index (χ0v) is 16.7. The van der Waals surface area contributed by atoms with Crippen molar-refractivity contribution in [3.05, 3.63) is 71.5 Å². The Morgan fingerprint density at radius 2 is 1.77 bits per heavy atom. The summed E-state index contributed by atoms with van der Waals surface area (Å²) in [5.74, 6) is -0.937. The Kier molecular flexibility index (Phi) is 5.32. The van der Waals surface area contributed by atoms with Crippen molar-refractivity contribution in [1.82, 2.24) is 14.8 Å². The average molecular weight is 447 g/mol. The molecule has 158 valence electrons. The molecule has 0 N–H and O–H groups in total. The number of carbonyl (C=O) groups is 1. The number of carbonyl (C=O) groups excluding carboxylic acids is 1. The van der Waals surface area contributed by atoms with E-state index in [1.54, 1.807) is 17.5 Å². The van der Waals surface area contributed by atoms with Crippen molar-refractivity contribution in [2.24, 2.45) is 0 Å². The zero-order valence-electron chi connectivity index (χ0n) is 15.9. The number of nitrogens with zero attached hydrogens (tertiary/aromatic N) is 3. The first-order chi connectivity index (χ1) is 14.7. The van der Waals surface area contributed by atoms with E-state index in [0.717, 1.165) is 17.4 Å². The minimum Gasteiger partial charge on any atom is -0.426 e. The fourth-order valence-corrected chi connectivity index (χ4v) is 3.69. The highest BCUT2D eigenvalue weighted by atomic mass is 32.1. The van der Waals surface area contributed by atoms with Crippen LogP contribution in [0.1, 0.15) is 12.6 Å². The fourth-order valence-electron chi connectivity index (χ4n) is 2.90. The van der Waals surface area contributed by atoms with Crippen LogP contribution in [0.3, 0.4) is 0 Å². The number of hydrogen-bond donors (Lipinski definition) is 0. The lowest BCUT2D eigenvalue weighted by Gasteiger charge is -2.07. The monoisotopic (exact) mass is 447 g/mol. The summed E-state index contributed by atoms with van der Waals surface area (Å²) in [4.78, 5) is 15.6. The standard InChI is InChI=1S/C21H13F4N3O2S/c1-12(29)30-18-5-3-2-4-15(18)16-10-19(21(23,24)25)28(27-16)20-26-17(11-31-20)13-6-8-14(22)9-7-13/h2-11H,1H3. The lowest BCUT2D eigenvalue weighted by molar-refractivity contribution is -0.142. The molecule has 10 heteroatoms. The molecule has 31 heavy (non-hydrogen) atoms. The van der Waals surface area contributed by atoms with E-state index in [0.29, 0.717) is 15.9 Å². The van der Waals surface area contributed by atoms with Crippen molar-refractivity contribution in [2.75, 3.05) is 0 Å². The predicted octanol–water partition coefficient (Wildman–Crippen LogP) is 5.75. The topological polar surface area (TPSA) is 57.0 Å². The molecule has 0 atom stereocenters. The van der Waals surface area contributed by atoms with Crippen LogP contribution in [0.15, 0.2) is 60.0 Å². The van der Waals surface area contributed by atoms with Gasteiger partial charge in [0.1, 0.15) is 11.6 Å². The minimum absolute atomic E-state index is 0.0112. The molecule has 0 aliphatic heterocycles. The summed E-state index contributed by atoms with van der Waals surface area (Å²) in [5.41, 5.74) is 0.135. The second-order valence-electron chi connectivity index (χ2n) is 6.44. The second kappa shape index (κ2) is 7.95. The maximum absolute atomic E-state index is 13.7. The van der Waals surface area contributed by atoms with Crippen LogP contribution in [-0.4, -0.2) is 20.7 Å². The molecular weight excluding hydrogens is 434 g/mol. The number of esters is 1. The van der Waals surface area contributed by atoms with Crippen molar-refractivity contribution < 1.29 is 27.1 Å². The number of para-hydroxylation sites is 1. The Balaban J connectivity index is 1.80. The molecule has 4 aromatic rings. The zero-order chi connectivity index (χ0) is 22.2. The average Bonchev–Trinajstić information content (AvgIpc) is 3.35. The summed E-state index contributed by atoms with van der Waals surface area (Å²) < 4.78 is 60.2. The van der Waals surface area contributed by atoms with E-state index < -0.39 is 23.7 Å². The Bertz CT molecular complexity index is 1250. The maximum atomic E-state index is 13.7. The second-order valence-corrected chi connectivity index (χ2v) is 7.27. The van der Waals surface area contributed by atoms with E-state index in [1.807, 2.05) is 0 Å². The van der Waals surface area contributed by atoms with E-state index >= 15 is 0 Å². The normalized spacial score (nSPS) is 11.5. The molecule has 0 radical (unpaired) electrons. The van der Waals surface area contributed by atoms with Gasteiger partial charge in [-0.25, -0.2) is 14.1 Å². The van der Waals surface area contributed by atoms with E-state index in [-0.39, 0.29) is 22.1 Å². The van der Waals surface area contributed by atoms with Crippen molar-refractivity contribution in [3.63, 3.8) is 0 Å². The number of rotatable bonds is 4. The van der Waals surface area contributed by atoms with Crippen molar-refractivity contribution >= 4 is 17.3 Å². The Hall–Kier alpha value is -3.53. The molecular formula is C21H13F4N3O2S. The van der Waals surface area contributed by atoms with Gasteiger partial charge < -0.3 is 4.74 Å². The molecule has 2 aromatic carbocycles. The van der Waals surface area contributed by atoms with Gasteiger partial charge in [0.2, 0.25) is 5.13 Å². The first-order valence-corrected chi connectivity index (χ1v) is 9.77. The Morgan fingerprint density at radius 3 is 2.45 bits per heavy atom. The molecule has 0 fully saturated rings. The molecule has 0 saturated heterocycles. The first-order valence-electron chi connectivity index (χ1n) is 8.89. The van der Waals surface area contributed by atoms with Crippen molar-refractivity contribution in [3.8, 4) is 33.4 Å². The minimum atomic E-state index is -4.71. The number of alkyl halides is 3. The number of thiazole rings is 1. The third-order valence-corrected chi connectivity index (χ3v) is 5.05. The Morgan fingerprint density at radius 1 is 1.06 bits per heavy atom. The van der Waals surface area contributed by atoms with Gasteiger partial charge in [0, 0.05) is 23.4 Å². The van der Waals surface area contributed by atoms with E-state index in [9.17, 15) is 22.4 Å². The van der Waals surface area contributed by atoms with Crippen LogP contribution in [0, 0.1) is 5.82 Å². The van der Waals surface area contributed by atoms with Gasteiger partial charge in [0.15, 0.2) is 5.69 Å². The van der Waals surface area contributed by atoms with Crippen LogP contribution in [-0.2, 0) is 11.0 Å². The first kappa shape index (κ1) is 20.7. The van der Waals surface area contributed by atoms with Crippen molar-refractivity contribution in [2.45, 2.75) is 13.1 Å². The summed E-state index contributed by atoms with van der Waals surface area (Å²) in [6, 6.07) is 12.5. The summed E-state index contributed by atoms with van der Waals surface area (Å²) >= 11 is 0.966. The summed E-state index contributed by atoms with van der Waals surface area (Å²) in [6.07, 6.45) is -4.71. The SMILES string of the molecule is CC(=O)Oc1ccccc1-c1cc(C(F)(F)F)n(-c2nc(-c3ccc(F)cc3)cs2)n1. The van der Waals surface area contributed by atoms with Crippen LogP contribution in [0.2, 0.25) is 0 Å². The number of hydrogen-bond acceptors (Lipinski definition) is 5. The number of halogens is 4. The molecule has 0 saturated carbocycles. The third-order valence-electron chi connectivity index (χ3n) is 4.23.